The summed E-state index contributed by atoms with van der Waals surface area (Å²) < 4.78 is 5.85. The van der Waals surface area contributed by atoms with Crippen molar-refractivity contribution in [3.05, 3.63) is 64.8 Å². The number of benzene rings is 1. The van der Waals surface area contributed by atoms with E-state index in [0.29, 0.717) is 16.0 Å². The van der Waals surface area contributed by atoms with Gasteiger partial charge in [0.05, 0.1) is 0 Å². The average molecular weight is 302 g/mol. The second kappa shape index (κ2) is 4.38. The Morgan fingerprint density at radius 3 is 2.83 bits per heavy atom. The molecule has 4 heteroatoms. The monoisotopic (exact) mass is 301 g/mol. The molecular weight excluding hydrogens is 294 g/mol. The molecule has 0 radical (unpaired) electrons. The number of rotatable bonds is 2. The Balaban J connectivity index is 2.17. The lowest BCUT2D eigenvalue weighted by molar-refractivity contribution is 0.101. The largest absolute Gasteiger partial charge is 0.446 e. The summed E-state index contributed by atoms with van der Waals surface area (Å²) in [7, 11) is 0. The van der Waals surface area contributed by atoms with Crippen LogP contribution in [0.1, 0.15) is 16.1 Å². The topological polar surface area (TPSA) is 43.1 Å². The van der Waals surface area contributed by atoms with Gasteiger partial charge >= 0.3 is 0 Å². The number of furan rings is 1. The van der Waals surface area contributed by atoms with Crippen molar-refractivity contribution in [1.82, 2.24) is 4.98 Å². The molecule has 2 heterocycles. The van der Waals surface area contributed by atoms with Crippen molar-refractivity contribution < 1.29 is 9.21 Å². The van der Waals surface area contributed by atoms with Gasteiger partial charge in [-0.05, 0) is 39.5 Å². The fraction of sp³-hybridized carbons (Fsp3) is 0. The van der Waals surface area contributed by atoms with Gasteiger partial charge in [-0.1, -0.05) is 18.2 Å². The van der Waals surface area contributed by atoms with Gasteiger partial charge in [0.15, 0.2) is 10.4 Å². The average Bonchev–Trinajstić information content (AvgIpc) is 2.84. The minimum Gasteiger partial charge on any atom is -0.446 e. The molecule has 2 aromatic heterocycles. The molecule has 0 aliphatic carbocycles. The van der Waals surface area contributed by atoms with Crippen LogP contribution < -0.4 is 0 Å². The molecule has 3 nitrogen and oxygen atoms in total. The van der Waals surface area contributed by atoms with E-state index in [1.165, 1.54) is 0 Å². The minimum absolute atomic E-state index is 0.127. The Labute approximate surface area is 112 Å². The van der Waals surface area contributed by atoms with Crippen molar-refractivity contribution in [2.24, 2.45) is 0 Å². The molecule has 88 valence electrons. The summed E-state index contributed by atoms with van der Waals surface area (Å²) in [5.74, 6) is 0.198. The highest BCUT2D eigenvalue weighted by molar-refractivity contribution is 9.10. The fourth-order valence-corrected chi connectivity index (χ4v) is 2.20. The molecule has 0 N–H and O–H groups in total. The van der Waals surface area contributed by atoms with Gasteiger partial charge in [-0.15, -0.1) is 0 Å². The summed E-state index contributed by atoms with van der Waals surface area (Å²) in [6, 6.07) is 10.8. The van der Waals surface area contributed by atoms with E-state index < -0.39 is 0 Å². The fourth-order valence-electron chi connectivity index (χ4n) is 1.89. The molecule has 0 bridgehead atoms. The molecule has 0 saturated heterocycles. The summed E-state index contributed by atoms with van der Waals surface area (Å²) in [6.45, 7) is 0. The van der Waals surface area contributed by atoms with E-state index in [-0.39, 0.29) is 5.78 Å². The lowest BCUT2D eigenvalue weighted by Gasteiger charge is -2.03. The number of aromatic nitrogens is 1. The molecule has 0 saturated carbocycles. The summed E-state index contributed by atoms with van der Waals surface area (Å²) in [5, 5.41) is 1.82. The summed E-state index contributed by atoms with van der Waals surface area (Å²) in [5.41, 5.74) is 0.622. The van der Waals surface area contributed by atoms with Gasteiger partial charge in [-0.3, -0.25) is 9.78 Å². The van der Waals surface area contributed by atoms with E-state index in [9.17, 15) is 4.79 Å². The van der Waals surface area contributed by atoms with Gasteiger partial charge in [-0.2, -0.15) is 0 Å². The van der Waals surface area contributed by atoms with Crippen LogP contribution in [0.5, 0.6) is 0 Å². The number of carbonyl (C=O) groups is 1. The van der Waals surface area contributed by atoms with Crippen molar-refractivity contribution in [2.45, 2.75) is 0 Å². The molecule has 3 rings (SSSR count). The van der Waals surface area contributed by atoms with Gasteiger partial charge < -0.3 is 4.42 Å². The predicted molar refractivity (Wildman–Crippen MR) is 71.6 cm³/mol. The molecule has 0 aliphatic heterocycles. The zero-order valence-corrected chi connectivity index (χ0v) is 10.8. The second-order valence-corrected chi connectivity index (χ2v) is 4.62. The normalized spacial score (nSPS) is 10.7. The maximum Gasteiger partial charge on any atom is 0.228 e. The maximum absolute atomic E-state index is 12.3. The number of carbonyl (C=O) groups excluding carboxylic acids is 1. The number of pyridine rings is 1. The quantitative estimate of drug-likeness (QED) is 0.676. The molecular formula is C14H8BrNO2. The zero-order chi connectivity index (χ0) is 12.5. The molecule has 0 amide bonds. The molecule has 0 aliphatic rings. The third-order valence-electron chi connectivity index (χ3n) is 2.72. The Kier molecular flexibility index (Phi) is 2.72. The van der Waals surface area contributed by atoms with Gasteiger partial charge in [0, 0.05) is 23.3 Å². The van der Waals surface area contributed by atoms with E-state index >= 15 is 0 Å². The van der Waals surface area contributed by atoms with E-state index in [4.69, 9.17) is 4.42 Å². The van der Waals surface area contributed by atoms with Gasteiger partial charge in [0.25, 0.3) is 0 Å². The Bertz CT molecular complexity index is 728. The first-order chi connectivity index (χ1) is 8.75. The smallest absolute Gasteiger partial charge is 0.228 e. The van der Waals surface area contributed by atoms with Crippen molar-refractivity contribution in [3.8, 4) is 0 Å². The molecule has 0 spiro atoms. The molecule has 0 fully saturated rings. The molecule has 0 atom stereocenters. The van der Waals surface area contributed by atoms with Crippen molar-refractivity contribution in [1.29, 1.82) is 0 Å². The molecule has 3 aromatic rings. The molecule has 0 unspecified atom stereocenters. The minimum atomic E-state index is -0.127. The second-order valence-electron chi connectivity index (χ2n) is 3.84. The standard InChI is InChI=1S/C14H8BrNO2/c15-13-5-4-12(18-13)14(17)11-3-1-2-9-8-16-7-6-10(9)11/h1-8H. The highest BCUT2D eigenvalue weighted by Crippen LogP contribution is 2.22. The first-order valence-electron chi connectivity index (χ1n) is 5.38. The lowest BCUT2D eigenvalue weighted by atomic mass is 10.0. The predicted octanol–water partition coefficient (Wildman–Crippen LogP) is 3.82. The number of halogens is 1. The number of fused-ring (bicyclic) bond motifs is 1. The summed E-state index contributed by atoms with van der Waals surface area (Å²) in [4.78, 5) is 16.4. The molecule has 1 aromatic carbocycles. The maximum atomic E-state index is 12.3. The number of ketones is 1. The Morgan fingerprint density at radius 2 is 2.06 bits per heavy atom. The summed E-state index contributed by atoms with van der Waals surface area (Å²) >= 11 is 3.19. The van der Waals surface area contributed by atoms with Gasteiger partial charge in [-0.25, -0.2) is 0 Å². The van der Waals surface area contributed by atoms with Crippen LogP contribution in [0.2, 0.25) is 0 Å². The highest BCUT2D eigenvalue weighted by Gasteiger charge is 2.15. The van der Waals surface area contributed by atoms with E-state index in [1.54, 1.807) is 30.6 Å². The first kappa shape index (κ1) is 11.2. The van der Waals surface area contributed by atoms with Crippen LogP contribution in [0.4, 0.5) is 0 Å². The Morgan fingerprint density at radius 1 is 1.17 bits per heavy atom. The van der Waals surface area contributed by atoms with Gasteiger partial charge in [0.1, 0.15) is 0 Å². The van der Waals surface area contributed by atoms with E-state index in [0.717, 1.165) is 10.8 Å². The lowest BCUT2D eigenvalue weighted by Crippen LogP contribution is -2.00. The van der Waals surface area contributed by atoms with Gasteiger partial charge in [0.2, 0.25) is 5.78 Å². The van der Waals surface area contributed by atoms with Crippen molar-refractivity contribution in [3.63, 3.8) is 0 Å². The van der Waals surface area contributed by atoms with Crippen molar-refractivity contribution in [2.75, 3.05) is 0 Å². The highest BCUT2D eigenvalue weighted by atomic mass is 79.9. The van der Waals surface area contributed by atoms with Crippen LogP contribution in [0, 0.1) is 0 Å². The summed E-state index contributed by atoms with van der Waals surface area (Å²) in [6.07, 6.45) is 3.42. The number of hydrogen-bond acceptors (Lipinski definition) is 3. The van der Waals surface area contributed by atoms with Crippen molar-refractivity contribution >= 4 is 32.5 Å². The van der Waals surface area contributed by atoms with Crippen LogP contribution in [-0.4, -0.2) is 10.8 Å². The third-order valence-corrected chi connectivity index (χ3v) is 3.15. The Hall–Kier alpha value is -1.94. The van der Waals surface area contributed by atoms with Crippen LogP contribution in [0.3, 0.4) is 0 Å². The number of hydrogen-bond donors (Lipinski definition) is 0. The van der Waals surface area contributed by atoms with E-state index in [1.807, 2.05) is 18.2 Å². The molecule has 18 heavy (non-hydrogen) atoms. The van der Waals surface area contributed by atoms with Crippen LogP contribution in [0.15, 0.2) is 57.9 Å². The van der Waals surface area contributed by atoms with Crippen LogP contribution in [-0.2, 0) is 0 Å². The SMILES string of the molecule is O=C(c1ccc(Br)o1)c1cccc2cnccc12. The van der Waals surface area contributed by atoms with Crippen LogP contribution in [0.25, 0.3) is 10.8 Å². The van der Waals surface area contributed by atoms with Crippen LogP contribution >= 0.6 is 15.9 Å². The van der Waals surface area contributed by atoms with E-state index in [2.05, 4.69) is 20.9 Å². The number of nitrogens with zero attached hydrogens (tertiary/aromatic N) is 1. The third kappa shape index (κ3) is 1.84. The first-order valence-corrected chi connectivity index (χ1v) is 6.18. The zero-order valence-electron chi connectivity index (χ0n) is 9.26.